The number of esters is 1. The Bertz CT molecular complexity index is 731. The highest BCUT2D eigenvalue weighted by atomic mass is 16.7. The zero-order valence-electron chi connectivity index (χ0n) is 21.7. The van der Waals surface area contributed by atoms with E-state index in [-0.39, 0.29) is 30.9 Å². The maximum atomic E-state index is 12.3. The summed E-state index contributed by atoms with van der Waals surface area (Å²) in [7, 11) is 1.42. The van der Waals surface area contributed by atoms with Gasteiger partial charge in [0.2, 0.25) is 0 Å². The van der Waals surface area contributed by atoms with Gasteiger partial charge in [-0.1, -0.05) is 42.7 Å². The van der Waals surface area contributed by atoms with Crippen molar-refractivity contribution in [2.75, 3.05) is 20.3 Å². The first-order chi connectivity index (χ1) is 15.7. The topological polar surface area (TPSA) is 65.0 Å². The van der Waals surface area contributed by atoms with Crippen molar-refractivity contribution in [2.45, 2.75) is 105 Å². The van der Waals surface area contributed by atoms with Crippen LogP contribution in [0.25, 0.3) is 0 Å². The highest BCUT2D eigenvalue weighted by Crippen LogP contribution is 2.42. The van der Waals surface area contributed by atoms with Gasteiger partial charge in [0.25, 0.3) is 0 Å². The highest BCUT2D eigenvalue weighted by Gasteiger charge is 2.34. The molecule has 1 aliphatic carbocycles. The maximum absolute atomic E-state index is 12.3. The number of ether oxygens (including phenoxy) is 3. The van der Waals surface area contributed by atoms with Crippen LogP contribution in [0.1, 0.15) is 92.4 Å². The Kier molecular flexibility index (Phi) is 11.3. The second-order valence-corrected chi connectivity index (χ2v) is 10.3. The molecule has 0 saturated carbocycles. The highest BCUT2D eigenvalue weighted by molar-refractivity contribution is 5.88. The Balaban J connectivity index is 1.92. The summed E-state index contributed by atoms with van der Waals surface area (Å²) in [6, 6.07) is 0. The van der Waals surface area contributed by atoms with Gasteiger partial charge in [0.05, 0.1) is 13.2 Å². The summed E-state index contributed by atoms with van der Waals surface area (Å²) in [5.41, 5.74) is 5.58. The molecule has 2 aliphatic rings. The molecule has 1 saturated heterocycles. The minimum absolute atomic E-state index is 0.0284. The third kappa shape index (κ3) is 8.38. The van der Waals surface area contributed by atoms with Gasteiger partial charge < -0.3 is 19.3 Å². The number of methoxy groups -OCH3 is 1. The quantitative estimate of drug-likeness (QED) is 0.210. The Labute approximate surface area is 201 Å². The summed E-state index contributed by atoms with van der Waals surface area (Å²) in [5.74, 6) is -0.258. The predicted octanol–water partition coefficient (Wildman–Crippen LogP) is 6.27. The average Bonchev–Trinajstić information content (AvgIpc) is 3.16. The summed E-state index contributed by atoms with van der Waals surface area (Å²) in [6.07, 6.45) is 12.5. The molecule has 0 aromatic carbocycles. The SMILES string of the molecule is CCOC1C[C@@H](CO)[C@@H](C/C=C(/CC/C=C(\C)CCC2=C(C)CCCC2(C)C)C(=O)OC)O1. The molecular weight excluding hydrogens is 416 g/mol. The second-order valence-electron chi connectivity index (χ2n) is 10.3. The number of hydrogen-bond donors (Lipinski definition) is 1. The number of aliphatic hydroxyl groups excluding tert-OH is 1. The summed E-state index contributed by atoms with van der Waals surface area (Å²) in [6.45, 7) is 11.8. The molecule has 0 bridgehead atoms. The molecule has 188 valence electrons. The van der Waals surface area contributed by atoms with Crippen molar-refractivity contribution in [2.24, 2.45) is 11.3 Å². The van der Waals surface area contributed by atoms with E-state index in [4.69, 9.17) is 14.2 Å². The third-order valence-corrected chi connectivity index (χ3v) is 7.34. The van der Waals surface area contributed by atoms with Crippen molar-refractivity contribution in [1.82, 2.24) is 0 Å². The molecule has 1 fully saturated rings. The Hall–Kier alpha value is -1.43. The number of hydrogen-bond acceptors (Lipinski definition) is 5. The summed E-state index contributed by atoms with van der Waals surface area (Å²) >= 11 is 0. The lowest BCUT2D eigenvalue weighted by Crippen LogP contribution is -2.20. The smallest absolute Gasteiger partial charge is 0.333 e. The van der Waals surface area contributed by atoms with Crippen molar-refractivity contribution in [1.29, 1.82) is 0 Å². The summed E-state index contributed by atoms with van der Waals surface area (Å²) in [5, 5.41) is 9.68. The number of allylic oxidation sites excluding steroid dienone is 4. The van der Waals surface area contributed by atoms with Crippen molar-refractivity contribution in [3.63, 3.8) is 0 Å². The van der Waals surface area contributed by atoms with Gasteiger partial charge in [-0.15, -0.1) is 0 Å². The first kappa shape index (κ1) is 27.8. The van der Waals surface area contributed by atoms with Crippen LogP contribution in [0, 0.1) is 11.3 Å². The van der Waals surface area contributed by atoms with Crippen molar-refractivity contribution in [3.8, 4) is 0 Å². The van der Waals surface area contributed by atoms with Crippen LogP contribution in [-0.2, 0) is 19.0 Å². The Morgan fingerprint density at radius 2 is 2.03 bits per heavy atom. The number of rotatable bonds is 12. The molecule has 3 atom stereocenters. The molecule has 0 aromatic heterocycles. The van der Waals surface area contributed by atoms with Gasteiger partial charge in [-0.3, -0.25) is 0 Å². The van der Waals surface area contributed by atoms with Gasteiger partial charge in [-0.2, -0.15) is 0 Å². The third-order valence-electron chi connectivity index (χ3n) is 7.34. The van der Waals surface area contributed by atoms with Crippen LogP contribution in [0.4, 0.5) is 0 Å². The molecule has 33 heavy (non-hydrogen) atoms. The number of carbonyl (C=O) groups excluding carboxylic acids is 1. The molecule has 1 unspecified atom stereocenters. The zero-order chi connectivity index (χ0) is 24.4. The molecule has 0 spiro atoms. The fraction of sp³-hybridized carbons (Fsp3) is 0.750. The van der Waals surface area contributed by atoms with Crippen LogP contribution in [0.5, 0.6) is 0 Å². The Morgan fingerprint density at radius 1 is 1.27 bits per heavy atom. The van der Waals surface area contributed by atoms with Crippen molar-refractivity contribution >= 4 is 5.97 Å². The maximum Gasteiger partial charge on any atom is 0.333 e. The fourth-order valence-electron chi connectivity index (χ4n) is 5.30. The monoisotopic (exact) mass is 462 g/mol. The lowest BCUT2D eigenvalue weighted by atomic mass is 9.71. The molecule has 2 rings (SSSR count). The second kappa shape index (κ2) is 13.5. The Morgan fingerprint density at radius 3 is 2.67 bits per heavy atom. The first-order valence-electron chi connectivity index (χ1n) is 12.7. The first-order valence-corrected chi connectivity index (χ1v) is 12.7. The van der Waals surface area contributed by atoms with Crippen LogP contribution in [0.15, 0.2) is 34.4 Å². The molecule has 0 amide bonds. The molecule has 5 heteroatoms. The predicted molar refractivity (Wildman–Crippen MR) is 133 cm³/mol. The molecular formula is C28H46O5. The lowest BCUT2D eigenvalue weighted by Gasteiger charge is -2.35. The largest absolute Gasteiger partial charge is 0.466 e. The lowest BCUT2D eigenvalue weighted by molar-refractivity contribution is -0.136. The van der Waals surface area contributed by atoms with Crippen molar-refractivity contribution in [3.05, 3.63) is 34.4 Å². The molecule has 0 aromatic rings. The number of aliphatic hydroxyl groups is 1. The van der Waals surface area contributed by atoms with E-state index in [1.54, 1.807) is 11.1 Å². The molecule has 1 N–H and O–H groups in total. The van der Waals surface area contributed by atoms with E-state index in [1.165, 1.54) is 31.9 Å². The van der Waals surface area contributed by atoms with Crippen LogP contribution < -0.4 is 0 Å². The van der Waals surface area contributed by atoms with Gasteiger partial charge in [0, 0.05) is 31.1 Å². The van der Waals surface area contributed by atoms with Crippen molar-refractivity contribution < 1.29 is 24.1 Å². The summed E-state index contributed by atoms with van der Waals surface area (Å²) < 4.78 is 16.5. The minimum atomic E-state index is -0.286. The average molecular weight is 463 g/mol. The van der Waals surface area contributed by atoms with Gasteiger partial charge in [0.1, 0.15) is 0 Å². The van der Waals surface area contributed by atoms with Crippen LogP contribution >= 0.6 is 0 Å². The molecule has 1 aliphatic heterocycles. The van der Waals surface area contributed by atoms with Gasteiger partial charge >= 0.3 is 5.97 Å². The molecule has 0 radical (unpaired) electrons. The number of carbonyl (C=O) groups is 1. The van der Waals surface area contributed by atoms with Gasteiger partial charge in [-0.25, -0.2) is 4.79 Å². The van der Waals surface area contributed by atoms with E-state index in [2.05, 4.69) is 33.8 Å². The van der Waals surface area contributed by atoms with E-state index < -0.39 is 0 Å². The van der Waals surface area contributed by atoms with E-state index in [9.17, 15) is 9.90 Å². The standard InChI is InChI=1S/C28H46O5/c1-7-32-26-18-23(19-29)25(33-26)16-14-22(27(30)31-6)12-8-10-20(2)13-15-24-21(3)11-9-17-28(24,4)5/h10,14,23,25-26,29H,7-9,11-13,15-19H2,1-6H3/b20-10+,22-14-/t23-,25+,26?/m0/s1. The van der Waals surface area contributed by atoms with Crippen LogP contribution in [-0.4, -0.2) is 43.8 Å². The molecule has 5 nitrogen and oxygen atoms in total. The molecule has 1 heterocycles. The summed E-state index contributed by atoms with van der Waals surface area (Å²) in [4.78, 5) is 12.3. The van der Waals surface area contributed by atoms with E-state index in [0.29, 0.717) is 36.9 Å². The van der Waals surface area contributed by atoms with Gasteiger partial charge in [-0.05, 0) is 77.6 Å². The van der Waals surface area contributed by atoms with Crippen LogP contribution in [0.3, 0.4) is 0 Å². The van der Waals surface area contributed by atoms with Gasteiger partial charge in [0.15, 0.2) is 6.29 Å². The van der Waals surface area contributed by atoms with Crippen LogP contribution in [0.2, 0.25) is 0 Å². The fourth-order valence-corrected chi connectivity index (χ4v) is 5.30. The van der Waals surface area contributed by atoms with E-state index in [0.717, 1.165) is 19.3 Å². The minimum Gasteiger partial charge on any atom is -0.466 e. The van der Waals surface area contributed by atoms with E-state index >= 15 is 0 Å². The normalized spacial score (nSPS) is 26.1. The van der Waals surface area contributed by atoms with E-state index in [1.807, 2.05) is 13.0 Å². The zero-order valence-corrected chi connectivity index (χ0v) is 21.7.